The van der Waals surface area contributed by atoms with Crippen LogP contribution in [-0.2, 0) is 0 Å². The van der Waals surface area contributed by atoms with Crippen LogP contribution in [0.2, 0.25) is 0 Å². The fourth-order valence-electron chi connectivity index (χ4n) is 1.73. The zero-order chi connectivity index (χ0) is 9.42. The van der Waals surface area contributed by atoms with Crippen molar-refractivity contribution in [1.82, 2.24) is 0 Å². The first-order chi connectivity index (χ1) is 6.20. The molecule has 1 aliphatic rings. The molecule has 0 unspecified atom stereocenters. The fourth-order valence-corrected chi connectivity index (χ4v) is 1.73. The van der Waals surface area contributed by atoms with Crippen molar-refractivity contribution in [2.75, 3.05) is 0 Å². The molecule has 2 heteroatoms. The number of rotatable bonds is 0. The molecule has 1 aliphatic carbocycles. The molecule has 0 radical (unpaired) electrons. The van der Waals surface area contributed by atoms with Crippen LogP contribution in [0, 0.1) is 6.92 Å². The Hall–Kier alpha value is -1.12. The molecule has 2 N–H and O–H groups in total. The topological polar surface area (TPSA) is 40.5 Å². The first-order valence-corrected chi connectivity index (χ1v) is 4.34. The summed E-state index contributed by atoms with van der Waals surface area (Å²) in [5, 5.41) is 19.1. The molecular formula is C11H12O2. The molecule has 2 atom stereocenters. The number of fused-ring (bicyclic) bond motifs is 1. The average Bonchev–Trinajstić information content (AvgIpc) is 2.12. The molecule has 0 heterocycles. The molecule has 2 nitrogen and oxygen atoms in total. The molecule has 68 valence electrons. The van der Waals surface area contributed by atoms with Gasteiger partial charge in [0.25, 0.3) is 0 Å². The molecule has 0 fully saturated rings. The van der Waals surface area contributed by atoms with E-state index in [0.29, 0.717) is 0 Å². The van der Waals surface area contributed by atoms with Crippen LogP contribution in [0.4, 0.5) is 0 Å². The molecule has 1 aromatic rings. The smallest absolute Gasteiger partial charge is 0.109 e. The van der Waals surface area contributed by atoms with E-state index in [4.69, 9.17) is 0 Å². The van der Waals surface area contributed by atoms with Crippen molar-refractivity contribution in [2.24, 2.45) is 0 Å². The van der Waals surface area contributed by atoms with Gasteiger partial charge in [0.1, 0.15) is 12.2 Å². The van der Waals surface area contributed by atoms with Gasteiger partial charge in [-0.3, -0.25) is 0 Å². The van der Waals surface area contributed by atoms with E-state index >= 15 is 0 Å². The van der Waals surface area contributed by atoms with Crippen LogP contribution in [0.15, 0.2) is 24.3 Å². The Kier molecular flexibility index (Phi) is 1.94. The molecule has 0 aromatic heterocycles. The van der Waals surface area contributed by atoms with Crippen LogP contribution in [-0.4, -0.2) is 16.3 Å². The Balaban J connectivity index is 2.60. The second-order valence-electron chi connectivity index (χ2n) is 3.37. The van der Waals surface area contributed by atoms with E-state index in [9.17, 15) is 10.2 Å². The standard InChI is InChI=1S/C11H12O2/c1-7-3-2-4-8-5-6-9(12)11(13)10(7)8/h2-6,9,11-13H,1H3/t9-,11-/m0/s1. The summed E-state index contributed by atoms with van der Waals surface area (Å²) in [6.45, 7) is 1.94. The number of aryl methyl sites for hydroxylation is 1. The lowest BCUT2D eigenvalue weighted by molar-refractivity contribution is 0.0466. The summed E-state index contributed by atoms with van der Waals surface area (Å²) in [4.78, 5) is 0. The minimum absolute atomic E-state index is 0.770. The highest BCUT2D eigenvalue weighted by Crippen LogP contribution is 2.30. The van der Waals surface area contributed by atoms with E-state index in [2.05, 4.69) is 0 Å². The number of hydrogen-bond donors (Lipinski definition) is 2. The molecule has 0 saturated heterocycles. The minimum atomic E-state index is -0.777. The van der Waals surface area contributed by atoms with Crippen LogP contribution in [0.5, 0.6) is 0 Å². The van der Waals surface area contributed by atoms with Gasteiger partial charge in [0, 0.05) is 0 Å². The Morgan fingerprint density at radius 2 is 2.00 bits per heavy atom. The van der Waals surface area contributed by atoms with Gasteiger partial charge in [0.2, 0.25) is 0 Å². The van der Waals surface area contributed by atoms with Crippen LogP contribution >= 0.6 is 0 Å². The summed E-state index contributed by atoms with van der Waals surface area (Å²) in [5.74, 6) is 0. The van der Waals surface area contributed by atoms with E-state index < -0.39 is 12.2 Å². The predicted molar refractivity (Wildman–Crippen MR) is 51.2 cm³/mol. The van der Waals surface area contributed by atoms with E-state index in [-0.39, 0.29) is 0 Å². The third kappa shape index (κ3) is 1.28. The van der Waals surface area contributed by atoms with Crippen molar-refractivity contribution in [3.05, 3.63) is 41.0 Å². The summed E-state index contributed by atoms with van der Waals surface area (Å²) in [5.41, 5.74) is 2.86. The van der Waals surface area contributed by atoms with Crippen molar-refractivity contribution in [3.8, 4) is 0 Å². The van der Waals surface area contributed by atoms with Crippen LogP contribution < -0.4 is 0 Å². The highest BCUT2D eigenvalue weighted by molar-refractivity contribution is 5.60. The van der Waals surface area contributed by atoms with Gasteiger partial charge in [-0.05, 0) is 23.6 Å². The molecule has 0 spiro atoms. The predicted octanol–water partition coefficient (Wildman–Crippen LogP) is 1.42. The maximum Gasteiger partial charge on any atom is 0.109 e. The molecule has 13 heavy (non-hydrogen) atoms. The molecule has 0 amide bonds. The lowest BCUT2D eigenvalue weighted by Crippen LogP contribution is -2.20. The number of aliphatic hydroxyl groups excluding tert-OH is 2. The third-order valence-electron chi connectivity index (χ3n) is 2.45. The number of benzene rings is 1. The monoisotopic (exact) mass is 176 g/mol. The van der Waals surface area contributed by atoms with E-state index in [1.165, 1.54) is 0 Å². The summed E-state index contributed by atoms with van der Waals surface area (Å²) < 4.78 is 0. The van der Waals surface area contributed by atoms with Crippen molar-refractivity contribution in [1.29, 1.82) is 0 Å². The molecule has 0 saturated carbocycles. The second-order valence-corrected chi connectivity index (χ2v) is 3.37. The molecular weight excluding hydrogens is 164 g/mol. The fraction of sp³-hybridized carbons (Fsp3) is 0.273. The van der Waals surface area contributed by atoms with Gasteiger partial charge < -0.3 is 10.2 Å². The van der Waals surface area contributed by atoms with Gasteiger partial charge in [-0.15, -0.1) is 0 Å². The Bertz CT molecular complexity index is 355. The first kappa shape index (κ1) is 8.48. The van der Waals surface area contributed by atoms with Crippen molar-refractivity contribution in [3.63, 3.8) is 0 Å². The lowest BCUT2D eigenvalue weighted by atomic mass is 9.90. The summed E-state index contributed by atoms with van der Waals surface area (Å²) in [6.07, 6.45) is 1.92. The minimum Gasteiger partial charge on any atom is -0.386 e. The Labute approximate surface area is 77.1 Å². The van der Waals surface area contributed by atoms with Gasteiger partial charge >= 0.3 is 0 Å². The lowest BCUT2D eigenvalue weighted by Gasteiger charge is -2.23. The highest BCUT2D eigenvalue weighted by Gasteiger charge is 2.23. The zero-order valence-electron chi connectivity index (χ0n) is 7.44. The normalized spacial score (nSPS) is 25.8. The maximum absolute atomic E-state index is 9.71. The SMILES string of the molecule is Cc1cccc2c1[C@@H](O)[C@@H](O)C=C2. The van der Waals surface area contributed by atoms with Gasteiger partial charge in [-0.2, -0.15) is 0 Å². The van der Waals surface area contributed by atoms with Gasteiger partial charge in [0.15, 0.2) is 0 Å². The summed E-state index contributed by atoms with van der Waals surface area (Å²) in [7, 11) is 0. The van der Waals surface area contributed by atoms with E-state index in [1.807, 2.05) is 31.2 Å². The summed E-state index contributed by atoms with van der Waals surface area (Å²) in [6, 6.07) is 5.82. The van der Waals surface area contributed by atoms with Gasteiger partial charge in [0.05, 0.1) is 0 Å². The summed E-state index contributed by atoms with van der Waals surface area (Å²) >= 11 is 0. The number of hydrogen-bond acceptors (Lipinski definition) is 2. The van der Waals surface area contributed by atoms with Crippen molar-refractivity contribution < 1.29 is 10.2 Å². The van der Waals surface area contributed by atoms with Crippen molar-refractivity contribution >= 4 is 6.08 Å². The largest absolute Gasteiger partial charge is 0.386 e. The van der Waals surface area contributed by atoms with Gasteiger partial charge in [-0.1, -0.05) is 30.4 Å². The van der Waals surface area contributed by atoms with E-state index in [1.54, 1.807) is 6.08 Å². The van der Waals surface area contributed by atoms with E-state index in [0.717, 1.165) is 16.7 Å². The van der Waals surface area contributed by atoms with Gasteiger partial charge in [-0.25, -0.2) is 0 Å². The van der Waals surface area contributed by atoms with Crippen LogP contribution in [0.1, 0.15) is 22.8 Å². The second kappa shape index (κ2) is 2.98. The molecule has 1 aromatic carbocycles. The average molecular weight is 176 g/mol. The number of aliphatic hydroxyl groups is 2. The molecule has 0 bridgehead atoms. The Morgan fingerprint density at radius 1 is 1.23 bits per heavy atom. The zero-order valence-corrected chi connectivity index (χ0v) is 7.44. The maximum atomic E-state index is 9.71. The molecule has 0 aliphatic heterocycles. The van der Waals surface area contributed by atoms with Crippen LogP contribution in [0.25, 0.3) is 6.08 Å². The Morgan fingerprint density at radius 3 is 2.77 bits per heavy atom. The van der Waals surface area contributed by atoms with Crippen LogP contribution in [0.3, 0.4) is 0 Å². The van der Waals surface area contributed by atoms with Crippen molar-refractivity contribution in [2.45, 2.75) is 19.1 Å². The highest BCUT2D eigenvalue weighted by atomic mass is 16.3. The quantitative estimate of drug-likeness (QED) is 0.627. The first-order valence-electron chi connectivity index (χ1n) is 4.34. The third-order valence-corrected chi connectivity index (χ3v) is 2.45. The molecule has 2 rings (SSSR count).